The number of hydrogen-bond acceptors (Lipinski definition) is 3. The van der Waals surface area contributed by atoms with Gasteiger partial charge in [-0.05, 0) is 85.4 Å². The molecule has 0 fully saturated rings. The van der Waals surface area contributed by atoms with Crippen molar-refractivity contribution in [3.05, 3.63) is 107 Å². The van der Waals surface area contributed by atoms with Crippen LogP contribution in [0.1, 0.15) is 40.7 Å². The van der Waals surface area contributed by atoms with Crippen molar-refractivity contribution in [2.45, 2.75) is 31.5 Å². The number of para-hydroxylation sites is 1. The minimum Gasteiger partial charge on any atom is -0.361 e. The summed E-state index contributed by atoms with van der Waals surface area (Å²) in [4.78, 5) is 5.71. The number of rotatable bonds is 8. The van der Waals surface area contributed by atoms with Gasteiger partial charge in [0.25, 0.3) is 0 Å². The van der Waals surface area contributed by atoms with E-state index in [1.54, 1.807) is 0 Å². The Morgan fingerprint density at radius 3 is 2.74 bits per heavy atom. The zero-order valence-corrected chi connectivity index (χ0v) is 19.4. The fourth-order valence-corrected chi connectivity index (χ4v) is 5.12. The van der Waals surface area contributed by atoms with Crippen LogP contribution in [0.15, 0.2) is 72.9 Å². The SMILES string of the molecule is CN(CCCC1(c2ccc(F)cc2)OCc2cc(C#N)ccc21)CCc1c[nH]c2ccccc12. The van der Waals surface area contributed by atoms with Crippen molar-refractivity contribution in [1.29, 1.82) is 5.26 Å². The molecule has 34 heavy (non-hydrogen) atoms. The van der Waals surface area contributed by atoms with E-state index in [2.05, 4.69) is 53.5 Å². The molecule has 1 aliphatic rings. The average molecular weight is 454 g/mol. The number of halogens is 1. The Morgan fingerprint density at radius 2 is 1.91 bits per heavy atom. The van der Waals surface area contributed by atoms with Gasteiger partial charge >= 0.3 is 0 Å². The molecule has 0 radical (unpaired) electrons. The van der Waals surface area contributed by atoms with Gasteiger partial charge in [0.1, 0.15) is 11.4 Å². The second kappa shape index (κ2) is 9.42. The molecule has 5 heteroatoms. The lowest BCUT2D eigenvalue weighted by atomic mass is 9.81. The first-order valence-corrected chi connectivity index (χ1v) is 11.8. The number of fused-ring (bicyclic) bond motifs is 2. The highest BCUT2D eigenvalue weighted by atomic mass is 19.1. The minimum absolute atomic E-state index is 0.256. The van der Waals surface area contributed by atoms with E-state index < -0.39 is 5.60 Å². The van der Waals surface area contributed by atoms with Gasteiger partial charge in [-0.25, -0.2) is 4.39 Å². The molecule has 3 aromatic carbocycles. The van der Waals surface area contributed by atoms with Crippen LogP contribution in [0.25, 0.3) is 10.9 Å². The number of H-pyrrole nitrogens is 1. The zero-order valence-electron chi connectivity index (χ0n) is 19.4. The summed E-state index contributed by atoms with van der Waals surface area (Å²) in [6, 6.07) is 23.0. The number of benzene rings is 3. The molecule has 0 aliphatic carbocycles. The third kappa shape index (κ3) is 4.23. The summed E-state index contributed by atoms with van der Waals surface area (Å²) in [5, 5.41) is 10.6. The van der Waals surface area contributed by atoms with Crippen molar-refractivity contribution in [2.24, 2.45) is 0 Å². The van der Waals surface area contributed by atoms with Gasteiger partial charge in [0.15, 0.2) is 0 Å². The van der Waals surface area contributed by atoms with Crippen LogP contribution in [-0.2, 0) is 23.4 Å². The Balaban J connectivity index is 1.28. The molecule has 172 valence electrons. The Morgan fingerprint density at radius 1 is 1.09 bits per heavy atom. The van der Waals surface area contributed by atoms with Crippen LogP contribution in [-0.4, -0.2) is 30.0 Å². The first-order chi connectivity index (χ1) is 16.6. The van der Waals surface area contributed by atoms with E-state index in [1.165, 1.54) is 28.6 Å². The quantitative estimate of drug-likeness (QED) is 0.361. The smallest absolute Gasteiger partial charge is 0.123 e. The fourth-order valence-electron chi connectivity index (χ4n) is 5.12. The van der Waals surface area contributed by atoms with Gasteiger partial charge in [0.05, 0.1) is 18.2 Å². The van der Waals surface area contributed by atoms with Crippen molar-refractivity contribution in [2.75, 3.05) is 20.1 Å². The molecule has 1 unspecified atom stereocenters. The third-order valence-electron chi connectivity index (χ3n) is 6.96. The van der Waals surface area contributed by atoms with Gasteiger partial charge < -0.3 is 14.6 Å². The largest absolute Gasteiger partial charge is 0.361 e. The van der Waals surface area contributed by atoms with Crippen molar-refractivity contribution >= 4 is 10.9 Å². The van der Waals surface area contributed by atoms with E-state index in [1.807, 2.05) is 30.3 Å². The predicted molar refractivity (Wildman–Crippen MR) is 132 cm³/mol. The first kappa shape index (κ1) is 22.3. The van der Waals surface area contributed by atoms with Gasteiger partial charge in [-0.15, -0.1) is 0 Å². The predicted octanol–water partition coefficient (Wildman–Crippen LogP) is 5.91. The molecular weight excluding hydrogens is 425 g/mol. The monoisotopic (exact) mass is 453 g/mol. The summed E-state index contributed by atoms with van der Waals surface area (Å²) >= 11 is 0. The highest BCUT2D eigenvalue weighted by molar-refractivity contribution is 5.83. The topological polar surface area (TPSA) is 52.0 Å². The number of aromatic nitrogens is 1. The molecule has 0 saturated heterocycles. The molecule has 1 aliphatic heterocycles. The van der Waals surface area contributed by atoms with E-state index in [-0.39, 0.29) is 5.82 Å². The van der Waals surface area contributed by atoms with Gasteiger partial charge in [0.2, 0.25) is 0 Å². The second-order valence-electron chi connectivity index (χ2n) is 9.12. The Bertz CT molecular complexity index is 1340. The molecule has 1 aromatic heterocycles. The Kier molecular flexibility index (Phi) is 6.19. The van der Waals surface area contributed by atoms with Gasteiger partial charge in [0, 0.05) is 23.6 Å². The molecule has 5 rings (SSSR count). The number of nitriles is 1. The van der Waals surface area contributed by atoms with E-state index in [4.69, 9.17) is 4.74 Å². The van der Waals surface area contributed by atoms with E-state index in [9.17, 15) is 9.65 Å². The highest BCUT2D eigenvalue weighted by Crippen LogP contribution is 2.45. The molecule has 0 saturated carbocycles. The first-order valence-electron chi connectivity index (χ1n) is 11.8. The molecule has 2 heterocycles. The van der Waals surface area contributed by atoms with Gasteiger partial charge in [-0.2, -0.15) is 5.26 Å². The van der Waals surface area contributed by atoms with Crippen molar-refractivity contribution in [1.82, 2.24) is 9.88 Å². The third-order valence-corrected chi connectivity index (χ3v) is 6.96. The van der Waals surface area contributed by atoms with E-state index in [0.29, 0.717) is 12.2 Å². The van der Waals surface area contributed by atoms with E-state index in [0.717, 1.165) is 49.0 Å². The normalized spacial score (nSPS) is 17.2. The molecule has 0 spiro atoms. The average Bonchev–Trinajstić information content (AvgIpc) is 3.45. The number of hydrogen-bond donors (Lipinski definition) is 1. The van der Waals surface area contributed by atoms with Crippen molar-refractivity contribution in [3.8, 4) is 6.07 Å². The van der Waals surface area contributed by atoms with Crippen LogP contribution in [0.3, 0.4) is 0 Å². The second-order valence-corrected chi connectivity index (χ2v) is 9.12. The van der Waals surface area contributed by atoms with Crippen LogP contribution in [0, 0.1) is 17.1 Å². The molecule has 4 nitrogen and oxygen atoms in total. The number of ether oxygens (including phenoxy) is 1. The molecule has 0 bridgehead atoms. The lowest BCUT2D eigenvalue weighted by Gasteiger charge is -2.31. The molecule has 1 atom stereocenters. The highest BCUT2D eigenvalue weighted by Gasteiger charge is 2.41. The Labute approximate surface area is 199 Å². The number of likely N-dealkylation sites (N-methyl/N-ethyl adjacent to an activating group) is 1. The van der Waals surface area contributed by atoms with E-state index >= 15 is 0 Å². The van der Waals surface area contributed by atoms with Crippen LogP contribution < -0.4 is 0 Å². The summed E-state index contributed by atoms with van der Waals surface area (Å²) in [6.07, 6.45) is 4.82. The standard InChI is InChI=1S/C29H28FN3O/c1-33(16-13-22-19-32-28-6-3-2-5-26(22)28)15-4-14-29(24-8-10-25(30)11-9-24)27-12-7-21(18-31)17-23(27)20-34-29/h2-3,5-12,17,19,32H,4,13-16,20H2,1H3. The molecular formula is C29H28FN3O. The number of aromatic amines is 1. The Hall–Kier alpha value is -3.46. The van der Waals surface area contributed by atoms with Crippen LogP contribution in [0.4, 0.5) is 4.39 Å². The van der Waals surface area contributed by atoms with Gasteiger partial charge in [-0.1, -0.05) is 36.4 Å². The molecule has 4 aromatic rings. The van der Waals surface area contributed by atoms with Crippen LogP contribution in [0.5, 0.6) is 0 Å². The van der Waals surface area contributed by atoms with Gasteiger partial charge in [-0.3, -0.25) is 0 Å². The molecule has 1 N–H and O–H groups in total. The number of nitrogens with one attached hydrogen (secondary N) is 1. The lowest BCUT2D eigenvalue weighted by molar-refractivity contribution is -0.0142. The summed E-state index contributed by atoms with van der Waals surface area (Å²) in [7, 11) is 2.15. The maximum absolute atomic E-state index is 13.7. The summed E-state index contributed by atoms with van der Waals surface area (Å²) in [6.45, 7) is 2.35. The molecule has 0 amide bonds. The minimum atomic E-state index is -0.616. The fraction of sp³-hybridized carbons (Fsp3) is 0.276. The maximum Gasteiger partial charge on any atom is 0.123 e. The summed E-state index contributed by atoms with van der Waals surface area (Å²) in [5.74, 6) is -0.256. The summed E-state index contributed by atoms with van der Waals surface area (Å²) in [5.41, 5.74) is 5.61. The van der Waals surface area contributed by atoms with Crippen LogP contribution in [0.2, 0.25) is 0 Å². The van der Waals surface area contributed by atoms with Crippen LogP contribution >= 0.6 is 0 Å². The maximum atomic E-state index is 13.7. The summed E-state index contributed by atoms with van der Waals surface area (Å²) < 4.78 is 20.1. The number of nitrogens with zero attached hydrogens (tertiary/aromatic N) is 2. The van der Waals surface area contributed by atoms with Crippen molar-refractivity contribution in [3.63, 3.8) is 0 Å². The lowest BCUT2D eigenvalue weighted by Crippen LogP contribution is -2.30. The zero-order chi connectivity index (χ0) is 23.5. The van der Waals surface area contributed by atoms with Crippen molar-refractivity contribution < 1.29 is 9.13 Å².